The number of piperazine rings is 1. The van der Waals surface area contributed by atoms with E-state index in [0.717, 1.165) is 0 Å². The van der Waals surface area contributed by atoms with Crippen LogP contribution in [0.5, 0.6) is 0 Å². The van der Waals surface area contributed by atoms with Crippen LogP contribution in [0.15, 0.2) is 24.2 Å². The summed E-state index contributed by atoms with van der Waals surface area (Å²) in [5, 5.41) is 1.54. The lowest BCUT2D eigenvalue weighted by Crippen LogP contribution is -2.55. The summed E-state index contributed by atoms with van der Waals surface area (Å²) in [6.07, 6.45) is 0. The Balaban J connectivity index is 2.48. The Labute approximate surface area is 163 Å². The first-order valence-electron chi connectivity index (χ1n) is 15.1. The Bertz CT molecular complexity index is 1100. The topological polar surface area (TPSA) is 33.7 Å². The molecule has 0 radical (unpaired) electrons. The van der Waals surface area contributed by atoms with Crippen LogP contribution in [0.2, 0.25) is 0 Å². The minimum absolute atomic E-state index is 0.286. The van der Waals surface area contributed by atoms with E-state index in [1.165, 1.54) is 0 Å². The van der Waals surface area contributed by atoms with Crippen LogP contribution in [0.3, 0.4) is 0 Å². The third-order valence-corrected chi connectivity index (χ3v) is 4.15. The molecule has 1 aromatic carbocycles. The molecule has 5 heteroatoms. The molecule has 2 saturated heterocycles. The molecule has 4 nitrogen and oxygen atoms in total. The molecule has 3 rings (SSSR count). The largest absolute Gasteiger partial charge is 0.494 e. The van der Waals surface area contributed by atoms with Gasteiger partial charge in [0.25, 0.3) is 0 Å². The van der Waals surface area contributed by atoms with Crippen LogP contribution in [0, 0.1) is 0 Å². The van der Waals surface area contributed by atoms with Gasteiger partial charge < -0.3 is 19.5 Å². The molecule has 2 fully saturated rings. The Kier molecular flexibility index (Phi) is 1.52. The van der Waals surface area contributed by atoms with E-state index >= 15 is 0 Å². The van der Waals surface area contributed by atoms with Crippen molar-refractivity contribution in [3.8, 4) is 0 Å². The first-order valence-corrected chi connectivity index (χ1v) is 7.09. The minimum Gasteiger partial charge on any atom is -0.399 e. The highest BCUT2D eigenvalue weighted by atomic mass is 16.7. The molecule has 1 aromatic rings. The highest BCUT2D eigenvalue weighted by Crippen LogP contribution is 2.36. The zero-order chi connectivity index (χ0) is 30.7. The van der Waals surface area contributed by atoms with Gasteiger partial charge in [-0.2, -0.15) is 0 Å². The van der Waals surface area contributed by atoms with Crippen molar-refractivity contribution in [2.24, 2.45) is 0 Å². The van der Waals surface area contributed by atoms with E-state index in [0.29, 0.717) is 0 Å². The van der Waals surface area contributed by atoms with Gasteiger partial charge in [0.05, 0.1) is 19.4 Å². The number of rotatable bonds is 2. The molecule has 0 aliphatic carbocycles. The summed E-state index contributed by atoms with van der Waals surface area (Å²) >= 11 is 0. The van der Waals surface area contributed by atoms with Gasteiger partial charge in [0.15, 0.2) is 0 Å². The van der Waals surface area contributed by atoms with Crippen LogP contribution in [0.4, 0.5) is 5.69 Å². The van der Waals surface area contributed by atoms with Crippen molar-refractivity contribution in [3.05, 3.63) is 24.2 Å². The molecule has 0 saturated carbocycles. The zero-order valence-corrected chi connectivity index (χ0v) is 13.3. The molecule has 0 amide bonds. The summed E-state index contributed by atoms with van der Waals surface area (Å²) < 4.78 is 145. The number of nitrogens with one attached hydrogen (secondary N) is 1. The SMILES string of the molecule is [2H]c1c([2H])c(N2C([2H])(C([2H])([2H])[2H])C([2H])([2H])NC([2H])([2H])C2([2H])C([2H])([2H])[2H])c([2H])c([2H])c1B1OC(C)(C)C(C)(C)O1. The van der Waals surface area contributed by atoms with E-state index < -0.39 is 92.4 Å². The first-order chi connectivity index (χ1) is 17.0. The third kappa shape index (κ3) is 3.02. The predicted octanol–water partition coefficient (Wildman–Crippen LogP) is 2.17. The van der Waals surface area contributed by atoms with E-state index in [-0.39, 0.29) is 4.90 Å². The van der Waals surface area contributed by atoms with Crippen LogP contribution >= 0.6 is 0 Å². The average molecular weight is 332 g/mol. The standard InChI is InChI=1S/C18H29BN2O2/c1-13-11-20-12-14(2)21(13)16-9-7-15(8-10-16)19-22-17(3,4)18(5,6)23-19/h7-10,13-14,20H,11-12H2,1-6H3/i1D3,2D3,7D,8D,9D,10D,11D2,12D2,13D,14D. The van der Waals surface area contributed by atoms with Gasteiger partial charge in [-0.05, 0) is 58.9 Å². The van der Waals surface area contributed by atoms with Gasteiger partial charge in [-0.3, -0.25) is 0 Å². The van der Waals surface area contributed by atoms with E-state index in [4.69, 9.17) is 31.2 Å². The smallest absolute Gasteiger partial charge is 0.399 e. The molecular formula is C18H29BN2O2. The summed E-state index contributed by atoms with van der Waals surface area (Å²) in [6, 6.07) is -11.8. The van der Waals surface area contributed by atoms with Crippen molar-refractivity contribution in [2.45, 2.75) is 64.6 Å². The monoisotopic (exact) mass is 332 g/mol. The van der Waals surface area contributed by atoms with Gasteiger partial charge in [0.2, 0.25) is 0 Å². The number of benzene rings is 1. The molecule has 126 valence electrons. The van der Waals surface area contributed by atoms with Gasteiger partial charge in [-0.25, -0.2) is 0 Å². The summed E-state index contributed by atoms with van der Waals surface area (Å²) in [5.41, 5.74) is -3.64. The highest BCUT2D eigenvalue weighted by molar-refractivity contribution is 6.62. The highest BCUT2D eigenvalue weighted by Gasteiger charge is 2.51. The Morgan fingerprint density at radius 2 is 1.70 bits per heavy atom. The van der Waals surface area contributed by atoms with Gasteiger partial charge in [0, 0.05) is 44.4 Å². The maximum atomic E-state index is 8.79. The van der Waals surface area contributed by atoms with Crippen molar-refractivity contribution < 1.29 is 31.2 Å². The van der Waals surface area contributed by atoms with Gasteiger partial charge in [-0.15, -0.1) is 0 Å². The van der Waals surface area contributed by atoms with E-state index in [9.17, 15) is 0 Å². The minimum atomic E-state index is -3.84. The molecule has 2 heterocycles. The molecule has 2 aliphatic heterocycles. The summed E-state index contributed by atoms with van der Waals surface area (Å²) in [4.78, 5) is -0.286. The van der Waals surface area contributed by atoms with Crippen LogP contribution in [-0.4, -0.2) is 43.3 Å². The second kappa shape index (κ2) is 5.80. The average Bonchev–Trinajstić information content (AvgIpc) is 2.92. The number of hydrogen-bond donors (Lipinski definition) is 1. The van der Waals surface area contributed by atoms with Crippen molar-refractivity contribution >= 4 is 18.3 Å². The van der Waals surface area contributed by atoms with E-state index in [1.54, 1.807) is 33.0 Å². The van der Waals surface area contributed by atoms with Gasteiger partial charge >= 0.3 is 7.12 Å². The van der Waals surface area contributed by atoms with Crippen molar-refractivity contribution in [1.29, 1.82) is 0 Å². The summed E-state index contributed by atoms with van der Waals surface area (Å²) in [5.74, 6) is 0. The molecular weight excluding hydrogens is 287 g/mol. The third-order valence-electron chi connectivity index (χ3n) is 4.15. The Morgan fingerprint density at radius 3 is 2.17 bits per heavy atom. The van der Waals surface area contributed by atoms with Crippen LogP contribution in [0.1, 0.15) is 63.3 Å². The zero-order valence-electron chi connectivity index (χ0n) is 29.3. The lowest BCUT2D eigenvalue weighted by Gasteiger charge is -2.41. The second-order valence-corrected chi connectivity index (χ2v) is 6.26. The van der Waals surface area contributed by atoms with E-state index in [2.05, 4.69) is 0 Å². The van der Waals surface area contributed by atoms with E-state index in [1.807, 2.05) is 0 Å². The second-order valence-electron chi connectivity index (χ2n) is 6.26. The molecule has 2 aliphatic rings. The fourth-order valence-electron chi connectivity index (χ4n) is 2.10. The molecule has 0 spiro atoms. The van der Waals surface area contributed by atoms with Crippen LogP contribution in [-0.2, 0) is 9.31 Å². The molecule has 23 heavy (non-hydrogen) atoms. The van der Waals surface area contributed by atoms with Gasteiger partial charge in [-0.1, -0.05) is 12.1 Å². The predicted molar refractivity (Wildman–Crippen MR) is 96.4 cm³/mol. The Morgan fingerprint density at radius 1 is 1.17 bits per heavy atom. The van der Waals surface area contributed by atoms with Gasteiger partial charge in [0.1, 0.15) is 0 Å². The maximum Gasteiger partial charge on any atom is 0.494 e. The first kappa shape index (κ1) is 6.04. The van der Waals surface area contributed by atoms with Crippen LogP contribution < -0.4 is 15.7 Å². The molecule has 2 unspecified atom stereocenters. The fourth-order valence-corrected chi connectivity index (χ4v) is 2.10. The molecule has 2 atom stereocenters. The fraction of sp³-hybridized carbons (Fsp3) is 0.667. The summed E-state index contributed by atoms with van der Waals surface area (Å²) in [7, 11) is -1.45. The summed E-state index contributed by atoms with van der Waals surface area (Å²) in [6.45, 7) is -8.18. The van der Waals surface area contributed by atoms with Crippen molar-refractivity contribution in [2.75, 3.05) is 17.9 Å². The molecule has 0 bridgehead atoms. The quantitative estimate of drug-likeness (QED) is 0.842. The normalized spacial score (nSPS) is 51.8. The van der Waals surface area contributed by atoms with Crippen LogP contribution in [0.25, 0.3) is 0 Å². The molecule has 1 N–H and O–H groups in total. The lowest BCUT2D eigenvalue weighted by molar-refractivity contribution is 0.00578. The number of nitrogens with zero attached hydrogens (tertiary/aromatic N) is 1. The number of anilines is 1. The lowest BCUT2D eigenvalue weighted by atomic mass is 9.79. The Hall–Kier alpha value is -1.04. The number of hydrogen-bond acceptors (Lipinski definition) is 4. The molecule has 0 aromatic heterocycles. The van der Waals surface area contributed by atoms with Crippen molar-refractivity contribution in [1.82, 2.24) is 5.32 Å². The maximum absolute atomic E-state index is 8.79. The van der Waals surface area contributed by atoms with Crippen molar-refractivity contribution in [3.63, 3.8) is 0 Å².